The van der Waals surface area contributed by atoms with Gasteiger partial charge in [-0.3, -0.25) is 14.4 Å². The zero-order chi connectivity index (χ0) is 18.5. The van der Waals surface area contributed by atoms with Gasteiger partial charge in [0.05, 0.1) is 25.6 Å². The van der Waals surface area contributed by atoms with Crippen molar-refractivity contribution in [2.45, 2.75) is 24.3 Å². The van der Waals surface area contributed by atoms with Gasteiger partial charge in [-0.1, -0.05) is 12.1 Å². The third-order valence-corrected chi connectivity index (χ3v) is 5.82. The molecule has 1 aromatic rings. The van der Waals surface area contributed by atoms with Crippen LogP contribution in [0.2, 0.25) is 0 Å². The molecule has 0 bridgehead atoms. The second kappa shape index (κ2) is 6.00. The second-order valence-corrected chi connectivity index (χ2v) is 7.36. The number of amides is 3. The molecule has 3 amide bonds. The Morgan fingerprint density at radius 1 is 1.15 bits per heavy atom. The van der Waals surface area contributed by atoms with Crippen LogP contribution in [-0.4, -0.2) is 78.8 Å². The Kier molecular flexibility index (Phi) is 3.89. The number of rotatable bonds is 3. The molecule has 2 heterocycles. The summed E-state index contributed by atoms with van der Waals surface area (Å²) < 4.78 is 5.20. The third kappa shape index (κ3) is 2.53. The van der Waals surface area contributed by atoms with Crippen LogP contribution in [0.15, 0.2) is 24.3 Å². The van der Waals surface area contributed by atoms with Crippen LogP contribution in [0.25, 0.3) is 0 Å². The molecule has 7 nitrogen and oxygen atoms in total. The number of carbonyl (C=O) groups excluding carboxylic acids is 3. The van der Waals surface area contributed by atoms with Crippen LogP contribution in [0.3, 0.4) is 0 Å². The van der Waals surface area contributed by atoms with Gasteiger partial charge in [0.1, 0.15) is 11.8 Å². The van der Waals surface area contributed by atoms with E-state index in [4.69, 9.17) is 4.74 Å². The molecular weight excluding hydrogens is 334 g/mol. The highest BCUT2D eigenvalue weighted by molar-refractivity contribution is 5.97. The molecule has 0 spiro atoms. The molecule has 3 aliphatic rings. The predicted octanol–water partition coefficient (Wildman–Crippen LogP) is 0.238. The van der Waals surface area contributed by atoms with Gasteiger partial charge in [0, 0.05) is 20.1 Å². The first-order chi connectivity index (χ1) is 12.5. The third-order valence-electron chi connectivity index (χ3n) is 5.82. The molecule has 4 rings (SSSR count). The van der Waals surface area contributed by atoms with Crippen LogP contribution in [0.4, 0.5) is 0 Å². The van der Waals surface area contributed by atoms with Gasteiger partial charge in [-0.05, 0) is 30.5 Å². The fraction of sp³-hybridized carbons (Fsp3) is 0.526. The van der Waals surface area contributed by atoms with E-state index in [0.717, 1.165) is 24.2 Å². The summed E-state index contributed by atoms with van der Waals surface area (Å²) in [5.74, 6) is 0.702. The summed E-state index contributed by atoms with van der Waals surface area (Å²) in [6.07, 6.45) is 1.63. The average Bonchev–Trinajstić information content (AvgIpc) is 3.47. The number of fused-ring (bicyclic) bond motifs is 1. The summed E-state index contributed by atoms with van der Waals surface area (Å²) in [4.78, 5) is 42.7. The molecule has 1 saturated carbocycles. The first-order valence-electron chi connectivity index (χ1n) is 8.94. The SMILES string of the molecule is COc1ccc(C2(C(=O)N3CCN4C(=O)CN(C)C(=O)C4C3)CC2)cc1. The molecule has 1 aliphatic carbocycles. The van der Waals surface area contributed by atoms with Crippen molar-refractivity contribution in [3.8, 4) is 5.75 Å². The van der Waals surface area contributed by atoms with Gasteiger partial charge >= 0.3 is 0 Å². The normalized spacial score (nSPS) is 24.4. The molecule has 0 radical (unpaired) electrons. The number of methoxy groups -OCH3 is 1. The molecule has 0 aromatic heterocycles. The van der Waals surface area contributed by atoms with E-state index in [1.54, 1.807) is 24.0 Å². The monoisotopic (exact) mass is 357 g/mol. The topological polar surface area (TPSA) is 70.2 Å². The lowest BCUT2D eigenvalue weighted by Crippen LogP contribution is -2.67. The van der Waals surface area contributed by atoms with Crippen LogP contribution in [0.1, 0.15) is 18.4 Å². The highest BCUT2D eigenvalue weighted by atomic mass is 16.5. The van der Waals surface area contributed by atoms with E-state index in [2.05, 4.69) is 0 Å². The van der Waals surface area contributed by atoms with E-state index in [1.165, 1.54) is 4.90 Å². The van der Waals surface area contributed by atoms with Crippen LogP contribution >= 0.6 is 0 Å². The molecule has 2 aliphatic heterocycles. The van der Waals surface area contributed by atoms with Gasteiger partial charge in [-0.15, -0.1) is 0 Å². The van der Waals surface area contributed by atoms with Gasteiger partial charge in [0.15, 0.2) is 0 Å². The number of hydrogen-bond acceptors (Lipinski definition) is 4. The van der Waals surface area contributed by atoms with E-state index in [9.17, 15) is 14.4 Å². The standard InChI is InChI=1S/C19H23N3O4/c1-20-12-16(23)22-10-9-21(11-15(22)17(20)24)18(25)19(7-8-19)13-3-5-14(26-2)6-4-13/h3-6,15H,7-12H2,1-2H3. The summed E-state index contributed by atoms with van der Waals surface area (Å²) in [5.41, 5.74) is 0.510. The minimum Gasteiger partial charge on any atom is -0.497 e. The maximum Gasteiger partial charge on any atom is 0.247 e. The van der Waals surface area contributed by atoms with E-state index >= 15 is 0 Å². The average molecular weight is 357 g/mol. The summed E-state index contributed by atoms with van der Waals surface area (Å²) in [6.45, 7) is 1.31. The fourth-order valence-corrected chi connectivity index (χ4v) is 4.07. The largest absolute Gasteiger partial charge is 0.497 e. The Balaban J connectivity index is 1.53. The van der Waals surface area contributed by atoms with E-state index in [1.807, 2.05) is 24.3 Å². The lowest BCUT2D eigenvalue weighted by Gasteiger charge is -2.45. The smallest absolute Gasteiger partial charge is 0.247 e. The molecule has 138 valence electrons. The maximum absolute atomic E-state index is 13.2. The number of piperazine rings is 2. The van der Waals surface area contributed by atoms with Gasteiger partial charge < -0.3 is 19.4 Å². The van der Waals surface area contributed by atoms with Crippen molar-refractivity contribution in [3.63, 3.8) is 0 Å². The van der Waals surface area contributed by atoms with E-state index in [-0.39, 0.29) is 30.8 Å². The number of nitrogens with zero attached hydrogens (tertiary/aromatic N) is 3. The fourth-order valence-electron chi connectivity index (χ4n) is 4.07. The minimum atomic E-state index is -0.550. The van der Waals surface area contributed by atoms with E-state index < -0.39 is 11.5 Å². The number of carbonyl (C=O) groups is 3. The molecule has 3 fully saturated rings. The van der Waals surface area contributed by atoms with Crippen LogP contribution in [-0.2, 0) is 19.8 Å². The van der Waals surface area contributed by atoms with Crippen molar-refractivity contribution in [2.24, 2.45) is 0 Å². The molecular formula is C19H23N3O4. The molecule has 1 aromatic carbocycles. The Hall–Kier alpha value is -2.57. The van der Waals surface area contributed by atoms with Gasteiger partial charge in [0.25, 0.3) is 0 Å². The van der Waals surface area contributed by atoms with Crippen molar-refractivity contribution >= 4 is 17.7 Å². The van der Waals surface area contributed by atoms with Crippen molar-refractivity contribution in [2.75, 3.05) is 40.3 Å². The lowest BCUT2D eigenvalue weighted by atomic mass is 9.93. The number of ether oxygens (including phenoxy) is 1. The van der Waals surface area contributed by atoms with Gasteiger partial charge in [-0.25, -0.2) is 0 Å². The molecule has 7 heteroatoms. The van der Waals surface area contributed by atoms with Crippen LogP contribution in [0, 0.1) is 0 Å². The Morgan fingerprint density at radius 2 is 1.85 bits per heavy atom. The quantitative estimate of drug-likeness (QED) is 0.777. The zero-order valence-electron chi connectivity index (χ0n) is 15.1. The molecule has 26 heavy (non-hydrogen) atoms. The van der Waals surface area contributed by atoms with Crippen molar-refractivity contribution in [1.29, 1.82) is 0 Å². The molecule has 2 saturated heterocycles. The lowest BCUT2D eigenvalue weighted by molar-refractivity contribution is -0.160. The number of likely N-dealkylation sites (N-methyl/N-ethyl adjacent to an activating group) is 1. The van der Waals surface area contributed by atoms with E-state index in [0.29, 0.717) is 13.1 Å². The summed E-state index contributed by atoms with van der Waals surface area (Å²) in [6, 6.07) is 7.09. The number of hydrogen-bond donors (Lipinski definition) is 0. The van der Waals surface area contributed by atoms with Crippen LogP contribution in [0.5, 0.6) is 5.75 Å². The van der Waals surface area contributed by atoms with Crippen LogP contribution < -0.4 is 4.74 Å². The highest BCUT2D eigenvalue weighted by Gasteiger charge is 2.54. The summed E-state index contributed by atoms with van der Waals surface area (Å²) >= 11 is 0. The Bertz CT molecular complexity index is 757. The summed E-state index contributed by atoms with van der Waals surface area (Å²) in [7, 11) is 3.25. The Morgan fingerprint density at radius 3 is 2.46 bits per heavy atom. The Labute approximate surface area is 152 Å². The highest BCUT2D eigenvalue weighted by Crippen LogP contribution is 2.50. The molecule has 1 atom stereocenters. The summed E-state index contributed by atoms with van der Waals surface area (Å²) in [5, 5.41) is 0. The van der Waals surface area contributed by atoms with Gasteiger partial charge in [-0.2, -0.15) is 0 Å². The maximum atomic E-state index is 13.2. The first-order valence-corrected chi connectivity index (χ1v) is 8.94. The number of benzene rings is 1. The minimum absolute atomic E-state index is 0.0412. The second-order valence-electron chi connectivity index (χ2n) is 7.36. The zero-order valence-corrected chi connectivity index (χ0v) is 15.1. The molecule has 1 unspecified atom stereocenters. The van der Waals surface area contributed by atoms with Crippen molar-refractivity contribution < 1.29 is 19.1 Å². The van der Waals surface area contributed by atoms with Gasteiger partial charge in [0.2, 0.25) is 17.7 Å². The molecule has 0 N–H and O–H groups in total. The van der Waals surface area contributed by atoms with Crippen molar-refractivity contribution in [3.05, 3.63) is 29.8 Å². The first kappa shape index (κ1) is 16.9. The predicted molar refractivity (Wildman–Crippen MR) is 93.6 cm³/mol. The van der Waals surface area contributed by atoms with Crippen molar-refractivity contribution in [1.82, 2.24) is 14.7 Å².